The molecule has 4 aliphatic rings. The molecule has 2 N–H and O–H groups in total. The number of ketones is 1. The van der Waals surface area contributed by atoms with Crippen LogP contribution in [-0.2, 0) is 30.2 Å². The molecule has 1 spiro atoms. The molecule has 0 bridgehead atoms. The van der Waals surface area contributed by atoms with Gasteiger partial charge in [0.15, 0.2) is 5.78 Å². The second-order valence-corrected chi connectivity index (χ2v) is 11.0. The molecule has 3 heterocycles. The zero-order valence-corrected chi connectivity index (χ0v) is 21.0. The Morgan fingerprint density at radius 2 is 1.83 bits per heavy atom. The van der Waals surface area contributed by atoms with Gasteiger partial charge in [0, 0.05) is 17.9 Å². The molecular weight excluding hydrogens is 462 g/mol. The first-order valence-electron chi connectivity index (χ1n) is 12.5. The number of fused-ring (bicyclic) bond motifs is 2. The monoisotopic (exact) mass is 495 g/mol. The van der Waals surface area contributed by atoms with Crippen LogP contribution < -0.4 is 5.32 Å². The predicted molar refractivity (Wildman–Crippen MR) is 129 cm³/mol. The fourth-order valence-corrected chi connectivity index (χ4v) is 6.51. The number of amides is 1. The molecule has 36 heavy (non-hydrogen) atoms. The first-order valence-corrected chi connectivity index (χ1v) is 12.5. The first-order chi connectivity index (χ1) is 17.0. The number of nitrogens with one attached hydrogen (secondary N) is 1. The van der Waals surface area contributed by atoms with Gasteiger partial charge in [-0.3, -0.25) is 9.59 Å². The summed E-state index contributed by atoms with van der Waals surface area (Å²) < 4.78 is 17.3. The standard InChI is InChI=1S/C28H33NO7/c1-16-9-8-12-19-23-27(4,35-23)17(2)21-20(15-18-10-6-5-7-11-18)29-24(31)28(19,21)36-25(32)34-14-13-26(3,33)22(16)30/h5-8,10-14,16-17,19-21,23,33H,9,15H2,1-4H3,(H,29,31)/b12-8+,14-13+/t16-,17-,19-,20-,21-,23-,26+,27+,28-/m0/s1. The molecule has 9 atom stereocenters. The SMILES string of the molecule is C[C@H]1C/C=C/[C@H]2[C@@H]3O[C@]3(C)[C@@H](C)[C@H]3[C@H](Cc4ccccc4)NC(=O)[C@@]32OC(=O)O/C=C/[C@@](C)(O)C1=O. The van der Waals surface area contributed by atoms with E-state index in [2.05, 4.69) is 5.32 Å². The lowest BCUT2D eigenvalue weighted by Crippen LogP contribution is -2.61. The number of allylic oxidation sites excluding steroid dienone is 1. The highest BCUT2D eigenvalue weighted by Gasteiger charge is 2.78. The van der Waals surface area contributed by atoms with Gasteiger partial charge >= 0.3 is 6.16 Å². The number of carbonyl (C=O) groups is 3. The van der Waals surface area contributed by atoms with Crippen LogP contribution in [0.1, 0.15) is 39.7 Å². The summed E-state index contributed by atoms with van der Waals surface area (Å²) in [4.78, 5) is 39.5. The minimum atomic E-state index is -1.81. The van der Waals surface area contributed by atoms with Crippen molar-refractivity contribution in [2.45, 2.75) is 69.5 Å². The number of rotatable bonds is 2. The number of benzene rings is 1. The number of ether oxygens (including phenoxy) is 3. The number of hydrogen-bond acceptors (Lipinski definition) is 7. The Morgan fingerprint density at radius 1 is 1.11 bits per heavy atom. The molecule has 0 radical (unpaired) electrons. The van der Waals surface area contributed by atoms with Crippen molar-refractivity contribution < 1.29 is 33.7 Å². The summed E-state index contributed by atoms with van der Waals surface area (Å²) >= 11 is 0. The highest BCUT2D eigenvalue weighted by Crippen LogP contribution is 2.63. The van der Waals surface area contributed by atoms with Crippen molar-refractivity contribution in [3.63, 3.8) is 0 Å². The fourth-order valence-electron chi connectivity index (χ4n) is 6.51. The third-order valence-corrected chi connectivity index (χ3v) is 8.64. The Kier molecular flexibility index (Phi) is 5.87. The lowest BCUT2D eigenvalue weighted by molar-refractivity contribution is -0.153. The van der Waals surface area contributed by atoms with Gasteiger partial charge in [0.2, 0.25) is 5.60 Å². The maximum atomic E-state index is 13.8. The highest BCUT2D eigenvalue weighted by atomic mass is 16.7. The smallest absolute Gasteiger partial charge is 0.416 e. The molecule has 1 aromatic carbocycles. The molecule has 2 saturated heterocycles. The van der Waals surface area contributed by atoms with Crippen molar-refractivity contribution in [2.75, 3.05) is 0 Å². The van der Waals surface area contributed by atoms with Gasteiger partial charge in [0.05, 0.1) is 23.9 Å². The summed E-state index contributed by atoms with van der Waals surface area (Å²) in [6.07, 6.45) is 5.28. The molecule has 3 fully saturated rings. The second kappa shape index (κ2) is 8.56. The molecular formula is C28H33NO7. The lowest BCUT2D eigenvalue weighted by atomic mass is 9.59. The third-order valence-electron chi connectivity index (χ3n) is 8.64. The Balaban J connectivity index is 1.58. The number of hydrogen-bond donors (Lipinski definition) is 2. The van der Waals surface area contributed by atoms with E-state index in [9.17, 15) is 19.5 Å². The Labute approximate surface area is 210 Å². The van der Waals surface area contributed by atoms with E-state index < -0.39 is 40.6 Å². The van der Waals surface area contributed by atoms with E-state index in [1.165, 1.54) is 6.92 Å². The number of aliphatic hydroxyl groups is 1. The van der Waals surface area contributed by atoms with Crippen molar-refractivity contribution in [1.29, 1.82) is 0 Å². The zero-order valence-electron chi connectivity index (χ0n) is 21.0. The van der Waals surface area contributed by atoms with E-state index in [-0.39, 0.29) is 29.9 Å². The van der Waals surface area contributed by atoms with Crippen LogP contribution in [0.3, 0.4) is 0 Å². The zero-order chi connectivity index (χ0) is 25.9. The number of carbonyl (C=O) groups excluding carboxylic acids is 3. The third kappa shape index (κ3) is 3.78. The Hall–Kier alpha value is -2.97. The minimum Gasteiger partial charge on any atom is -0.416 e. The van der Waals surface area contributed by atoms with Crippen molar-refractivity contribution in [1.82, 2.24) is 5.32 Å². The molecule has 8 nitrogen and oxygen atoms in total. The number of epoxide rings is 1. The first kappa shape index (κ1) is 24.7. The second-order valence-electron chi connectivity index (χ2n) is 11.0. The lowest BCUT2D eigenvalue weighted by Gasteiger charge is -2.45. The molecule has 1 saturated carbocycles. The molecule has 1 aliphatic carbocycles. The van der Waals surface area contributed by atoms with Crippen molar-refractivity contribution in [2.24, 2.45) is 23.7 Å². The predicted octanol–water partition coefficient (Wildman–Crippen LogP) is 3.09. The molecule has 3 aliphatic heterocycles. The molecule has 0 unspecified atom stereocenters. The molecule has 5 rings (SSSR count). The summed E-state index contributed by atoms with van der Waals surface area (Å²) in [6, 6.07) is 9.58. The van der Waals surface area contributed by atoms with Crippen LogP contribution in [0.25, 0.3) is 0 Å². The Morgan fingerprint density at radius 3 is 2.56 bits per heavy atom. The highest BCUT2D eigenvalue weighted by molar-refractivity contribution is 5.92. The molecule has 0 aromatic heterocycles. The number of cyclic esters (lactones) is 1. The van der Waals surface area contributed by atoms with Gasteiger partial charge in [-0.25, -0.2) is 4.79 Å². The van der Waals surface area contributed by atoms with E-state index >= 15 is 0 Å². The maximum absolute atomic E-state index is 13.8. The summed E-state index contributed by atoms with van der Waals surface area (Å²) in [6.45, 7) is 7.15. The van der Waals surface area contributed by atoms with Crippen LogP contribution in [-0.4, -0.2) is 51.9 Å². The summed E-state index contributed by atoms with van der Waals surface area (Å²) in [5.41, 5.74) is -2.76. The van der Waals surface area contributed by atoms with E-state index in [1.807, 2.05) is 56.3 Å². The van der Waals surface area contributed by atoms with Gasteiger partial charge < -0.3 is 24.6 Å². The largest absolute Gasteiger partial charge is 0.514 e. The van der Waals surface area contributed by atoms with Crippen molar-refractivity contribution in [3.8, 4) is 0 Å². The maximum Gasteiger partial charge on any atom is 0.514 e. The average Bonchev–Trinajstić information content (AvgIpc) is 3.45. The van der Waals surface area contributed by atoms with Gasteiger partial charge in [-0.15, -0.1) is 0 Å². The quantitative estimate of drug-likeness (QED) is 0.368. The molecule has 1 amide bonds. The fraction of sp³-hybridized carbons (Fsp3) is 0.536. The molecule has 8 heteroatoms. The number of Topliss-reactive ketones (excluding diaryl/α,β-unsaturated/α-hetero) is 1. The van der Waals surface area contributed by atoms with Crippen molar-refractivity contribution in [3.05, 3.63) is 60.4 Å². The molecule has 192 valence electrons. The summed E-state index contributed by atoms with van der Waals surface area (Å²) in [5, 5.41) is 13.7. The van der Waals surface area contributed by atoms with E-state index in [1.54, 1.807) is 6.92 Å². The summed E-state index contributed by atoms with van der Waals surface area (Å²) in [5.74, 6) is -2.32. The minimum absolute atomic E-state index is 0.0972. The van der Waals surface area contributed by atoms with Crippen LogP contribution in [0.2, 0.25) is 0 Å². The van der Waals surface area contributed by atoms with Crippen LogP contribution in [0, 0.1) is 23.7 Å². The van der Waals surface area contributed by atoms with Crippen LogP contribution in [0.15, 0.2) is 54.8 Å². The normalized spacial score (nSPS) is 45.8. The van der Waals surface area contributed by atoms with Gasteiger partial charge in [0.1, 0.15) is 5.60 Å². The van der Waals surface area contributed by atoms with Crippen LogP contribution in [0.5, 0.6) is 0 Å². The van der Waals surface area contributed by atoms with Crippen LogP contribution >= 0.6 is 0 Å². The Bertz CT molecular complexity index is 1130. The van der Waals surface area contributed by atoms with Gasteiger partial charge in [0.25, 0.3) is 5.91 Å². The molecule has 1 aromatic rings. The van der Waals surface area contributed by atoms with Crippen LogP contribution in [0.4, 0.5) is 4.79 Å². The van der Waals surface area contributed by atoms with Gasteiger partial charge in [-0.1, -0.05) is 56.3 Å². The van der Waals surface area contributed by atoms with Gasteiger partial charge in [-0.05, 0) is 44.2 Å². The average molecular weight is 496 g/mol. The van der Waals surface area contributed by atoms with E-state index in [0.717, 1.165) is 17.9 Å². The van der Waals surface area contributed by atoms with E-state index in [4.69, 9.17) is 14.2 Å². The van der Waals surface area contributed by atoms with Gasteiger partial charge in [-0.2, -0.15) is 0 Å². The summed E-state index contributed by atoms with van der Waals surface area (Å²) in [7, 11) is 0. The topological polar surface area (TPSA) is 114 Å². The van der Waals surface area contributed by atoms with Crippen molar-refractivity contribution >= 4 is 17.8 Å². The van der Waals surface area contributed by atoms with E-state index in [0.29, 0.717) is 12.8 Å².